The van der Waals surface area contributed by atoms with Crippen molar-refractivity contribution in [3.8, 4) is 0 Å². The minimum atomic E-state index is -3.94. The van der Waals surface area contributed by atoms with E-state index in [9.17, 15) is 18.0 Å². The second-order valence-electron chi connectivity index (χ2n) is 8.46. The van der Waals surface area contributed by atoms with Gasteiger partial charge in [-0.25, -0.2) is 12.7 Å². The fraction of sp³-hybridized carbons (Fsp3) is 0.391. The molecule has 0 aliphatic carbocycles. The van der Waals surface area contributed by atoms with Crippen molar-refractivity contribution in [2.75, 3.05) is 26.2 Å². The molecule has 2 aliphatic heterocycles. The van der Waals surface area contributed by atoms with Gasteiger partial charge >= 0.3 is 0 Å². The van der Waals surface area contributed by atoms with Crippen LogP contribution in [-0.4, -0.2) is 66.6 Å². The Balaban J connectivity index is 1.48. The summed E-state index contributed by atoms with van der Waals surface area (Å²) >= 11 is 5.96. The van der Waals surface area contributed by atoms with E-state index >= 15 is 0 Å². The summed E-state index contributed by atoms with van der Waals surface area (Å²) in [7, 11) is -3.94. The zero-order valence-electron chi connectivity index (χ0n) is 18.1. The Morgan fingerprint density at radius 3 is 2.44 bits per heavy atom. The molecule has 32 heavy (non-hydrogen) atoms. The maximum absolute atomic E-state index is 13.2. The van der Waals surface area contributed by atoms with Gasteiger partial charge in [-0.2, -0.15) is 0 Å². The number of halogens is 1. The second-order valence-corrected chi connectivity index (χ2v) is 10.7. The van der Waals surface area contributed by atoms with Crippen LogP contribution >= 0.6 is 11.6 Å². The SMILES string of the molecule is CC(C)N1C(=O)c2ccc(C(=O)N3CCCN(Cc4ccc(Cl)cc4)CC3)cc2S1(=O)=O. The molecule has 0 bridgehead atoms. The van der Waals surface area contributed by atoms with E-state index in [2.05, 4.69) is 4.90 Å². The van der Waals surface area contributed by atoms with Crippen LogP contribution in [0.15, 0.2) is 47.4 Å². The summed E-state index contributed by atoms with van der Waals surface area (Å²) in [5.41, 5.74) is 1.58. The Kier molecular flexibility index (Phi) is 6.29. The van der Waals surface area contributed by atoms with Crippen LogP contribution < -0.4 is 0 Å². The Hall–Kier alpha value is -2.42. The largest absolute Gasteiger partial charge is 0.337 e. The summed E-state index contributed by atoms with van der Waals surface area (Å²) in [6.07, 6.45) is 0.822. The molecule has 2 aromatic rings. The molecule has 0 radical (unpaired) electrons. The molecule has 2 amide bonds. The number of benzene rings is 2. The Bertz CT molecular complexity index is 1150. The molecule has 0 unspecified atom stereocenters. The molecular weight excluding hydrogens is 450 g/mol. The topological polar surface area (TPSA) is 78.0 Å². The summed E-state index contributed by atoms with van der Waals surface area (Å²) in [4.78, 5) is 29.7. The molecular formula is C23H26ClN3O4S. The third-order valence-electron chi connectivity index (χ3n) is 5.86. The van der Waals surface area contributed by atoms with Gasteiger partial charge in [-0.1, -0.05) is 23.7 Å². The molecule has 4 rings (SSSR count). The quantitative estimate of drug-likeness (QED) is 0.678. The molecule has 170 valence electrons. The maximum atomic E-state index is 13.2. The van der Waals surface area contributed by atoms with E-state index in [1.54, 1.807) is 24.8 Å². The second kappa shape index (κ2) is 8.84. The lowest BCUT2D eigenvalue weighted by molar-refractivity contribution is 0.0759. The fourth-order valence-electron chi connectivity index (χ4n) is 4.25. The minimum Gasteiger partial charge on any atom is -0.337 e. The average Bonchev–Trinajstić information content (AvgIpc) is 2.89. The van der Waals surface area contributed by atoms with Crippen molar-refractivity contribution in [1.29, 1.82) is 0 Å². The highest BCUT2D eigenvalue weighted by Gasteiger charge is 2.43. The highest BCUT2D eigenvalue weighted by molar-refractivity contribution is 7.90. The predicted molar refractivity (Wildman–Crippen MR) is 122 cm³/mol. The molecule has 9 heteroatoms. The van der Waals surface area contributed by atoms with E-state index in [1.807, 2.05) is 24.3 Å². The number of rotatable bonds is 4. The van der Waals surface area contributed by atoms with Crippen molar-refractivity contribution < 1.29 is 18.0 Å². The number of amides is 2. The van der Waals surface area contributed by atoms with Crippen LogP contribution in [-0.2, 0) is 16.6 Å². The molecule has 1 fully saturated rings. The standard InChI is InChI=1S/C23H26ClN3O4S/c1-16(2)27-23(29)20-9-6-18(14-21(20)32(27,30)31)22(28)26-11-3-10-25(12-13-26)15-17-4-7-19(24)8-5-17/h4-9,14,16H,3,10-13,15H2,1-2H3. The van der Waals surface area contributed by atoms with Crippen LogP contribution in [0.2, 0.25) is 5.02 Å². The Labute approximate surface area is 193 Å². The number of fused-ring (bicyclic) bond motifs is 1. The summed E-state index contributed by atoms with van der Waals surface area (Å²) in [5.74, 6) is -0.756. The smallest absolute Gasteiger partial charge is 0.269 e. The molecule has 2 aliphatic rings. The number of hydrogen-bond donors (Lipinski definition) is 0. The Morgan fingerprint density at radius 2 is 1.75 bits per heavy atom. The first kappa shape index (κ1) is 22.8. The summed E-state index contributed by atoms with van der Waals surface area (Å²) in [6.45, 7) is 6.81. The monoisotopic (exact) mass is 475 g/mol. The van der Waals surface area contributed by atoms with Crippen LogP contribution in [0, 0.1) is 0 Å². The van der Waals surface area contributed by atoms with Gasteiger partial charge in [0.1, 0.15) is 4.90 Å². The number of carbonyl (C=O) groups excluding carboxylic acids is 2. The summed E-state index contributed by atoms with van der Waals surface area (Å²) in [6, 6.07) is 11.6. The van der Waals surface area contributed by atoms with Gasteiger partial charge < -0.3 is 4.90 Å². The number of carbonyl (C=O) groups is 2. The van der Waals surface area contributed by atoms with Gasteiger partial charge in [0.25, 0.3) is 21.8 Å². The first-order valence-electron chi connectivity index (χ1n) is 10.7. The minimum absolute atomic E-state index is 0.0822. The summed E-state index contributed by atoms with van der Waals surface area (Å²) < 4.78 is 26.6. The van der Waals surface area contributed by atoms with Crippen LogP contribution in [0.25, 0.3) is 0 Å². The fourth-order valence-corrected chi connectivity index (χ4v) is 6.17. The molecule has 7 nitrogen and oxygen atoms in total. The van der Waals surface area contributed by atoms with E-state index in [0.29, 0.717) is 18.1 Å². The van der Waals surface area contributed by atoms with Crippen molar-refractivity contribution in [3.05, 3.63) is 64.2 Å². The van der Waals surface area contributed by atoms with E-state index in [-0.39, 0.29) is 21.9 Å². The zero-order chi connectivity index (χ0) is 23.0. The molecule has 0 spiro atoms. The first-order chi connectivity index (χ1) is 15.2. The van der Waals surface area contributed by atoms with Crippen molar-refractivity contribution in [2.45, 2.75) is 37.8 Å². The van der Waals surface area contributed by atoms with Crippen molar-refractivity contribution >= 4 is 33.4 Å². The maximum Gasteiger partial charge on any atom is 0.269 e. The van der Waals surface area contributed by atoms with Crippen LogP contribution in [0.4, 0.5) is 0 Å². The van der Waals surface area contributed by atoms with Crippen molar-refractivity contribution in [2.24, 2.45) is 0 Å². The predicted octanol–water partition coefficient (Wildman–Crippen LogP) is 3.24. The van der Waals surface area contributed by atoms with Crippen molar-refractivity contribution in [1.82, 2.24) is 14.1 Å². The van der Waals surface area contributed by atoms with Crippen LogP contribution in [0.5, 0.6) is 0 Å². The van der Waals surface area contributed by atoms with Crippen LogP contribution in [0.1, 0.15) is 46.5 Å². The van der Waals surface area contributed by atoms with Gasteiger partial charge in [0.05, 0.1) is 5.56 Å². The Morgan fingerprint density at radius 1 is 1.03 bits per heavy atom. The molecule has 0 saturated carbocycles. The van der Waals surface area contributed by atoms with E-state index < -0.39 is 22.0 Å². The van der Waals surface area contributed by atoms with Crippen LogP contribution in [0.3, 0.4) is 0 Å². The van der Waals surface area contributed by atoms with E-state index in [4.69, 9.17) is 11.6 Å². The summed E-state index contributed by atoms with van der Waals surface area (Å²) in [5, 5.41) is 0.705. The molecule has 2 heterocycles. The van der Waals surface area contributed by atoms with E-state index in [0.717, 1.165) is 35.9 Å². The third-order valence-corrected chi connectivity index (χ3v) is 8.11. The lowest BCUT2D eigenvalue weighted by Gasteiger charge is -2.22. The highest BCUT2D eigenvalue weighted by Crippen LogP contribution is 2.33. The molecule has 2 aromatic carbocycles. The average molecular weight is 476 g/mol. The van der Waals surface area contributed by atoms with Crippen molar-refractivity contribution in [3.63, 3.8) is 0 Å². The number of sulfonamides is 1. The normalized spacial score (nSPS) is 18.7. The van der Waals surface area contributed by atoms with Gasteiger partial charge in [-0.15, -0.1) is 0 Å². The molecule has 0 N–H and O–H groups in total. The van der Waals surface area contributed by atoms with E-state index in [1.165, 1.54) is 12.1 Å². The van der Waals surface area contributed by atoms with Gasteiger partial charge in [0.2, 0.25) is 0 Å². The van der Waals surface area contributed by atoms with Gasteiger partial charge in [-0.05, 0) is 56.2 Å². The lowest BCUT2D eigenvalue weighted by Crippen LogP contribution is -2.36. The zero-order valence-corrected chi connectivity index (χ0v) is 19.7. The molecule has 1 saturated heterocycles. The first-order valence-corrected chi connectivity index (χ1v) is 12.5. The number of nitrogens with zero attached hydrogens (tertiary/aromatic N) is 3. The molecule has 0 aromatic heterocycles. The lowest BCUT2D eigenvalue weighted by atomic mass is 10.1. The van der Waals surface area contributed by atoms with Gasteiger partial charge in [0, 0.05) is 49.4 Å². The molecule has 0 atom stereocenters. The van der Waals surface area contributed by atoms with Gasteiger partial charge in [-0.3, -0.25) is 14.5 Å². The highest BCUT2D eigenvalue weighted by atomic mass is 35.5. The third kappa shape index (κ3) is 4.27. The number of hydrogen-bond acceptors (Lipinski definition) is 5. The van der Waals surface area contributed by atoms with Gasteiger partial charge in [0.15, 0.2) is 0 Å².